The summed E-state index contributed by atoms with van der Waals surface area (Å²) in [6.07, 6.45) is 2.75. The Hall–Kier alpha value is -3.34. The number of hydrogen-bond acceptors (Lipinski definition) is 5. The highest BCUT2D eigenvalue weighted by atomic mass is 16.3. The summed E-state index contributed by atoms with van der Waals surface area (Å²) in [6.45, 7) is 6.08. The maximum Gasteiger partial charge on any atom is 0.134 e. The summed E-state index contributed by atoms with van der Waals surface area (Å²) in [6, 6.07) is 15.4. The molecule has 0 saturated heterocycles. The van der Waals surface area contributed by atoms with Gasteiger partial charge in [0.25, 0.3) is 0 Å². The lowest BCUT2D eigenvalue weighted by Gasteiger charge is -2.16. The first kappa shape index (κ1) is 18.0. The number of aryl methyl sites for hydroxylation is 2. The molecule has 2 heterocycles. The predicted molar refractivity (Wildman–Crippen MR) is 111 cm³/mol. The van der Waals surface area contributed by atoms with E-state index in [1.54, 1.807) is 12.1 Å². The Labute approximate surface area is 164 Å². The van der Waals surface area contributed by atoms with Crippen molar-refractivity contribution < 1.29 is 9.52 Å². The first-order valence-corrected chi connectivity index (χ1v) is 9.45. The van der Waals surface area contributed by atoms with Crippen LogP contribution in [0.4, 0.5) is 5.82 Å². The Morgan fingerprint density at radius 1 is 1.07 bits per heavy atom. The number of phenols is 1. The summed E-state index contributed by atoms with van der Waals surface area (Å²) in [7, 11) is 0. The Bertz CT molecular complexity index is 1120. The molecule has 0 fully saturated rings. The minimum absolute atomic E-state index is 0.0470. The summed E-state index contributed by atoms with van der Waals surface area (Å²) < 4.78 is 5.63. The van der Waals surface area contributed by atoms with Crippen LogP contribution in [0.5, 0.6) is 5.75 Å². The molecule has 2 aromatic heterocycles. The third-order valence-electron chi connectivity index (χ3n) is 4.93. The van der Waals surface area contributed by atoms with E-state index >= 15 is 0 Å². The minimum Gasteiger partial charge on any atom is -0.508 e. The topological polar surface area (TPSA) is 71.2 Å². The van der Waals surface area contributed by atoms with Crippen molar-refractivity contribution in [3.8, 4) is 17.0 Å². The number of fused-ring (bicyclic) bond motifs is 1. The van der Waals surface area contributed by atoms with Gasteiger partial charge in [0.05, 0.1) is 12.0 Å². The number of phenolic OH excluding ortho intramolecular Hbond substituents is 1. The monoisotopic (exact) mass is 373 g/mol. The molecule has 0 bridgehead atoms. The highest BCUT2D eigenvalue weighted by Crippen LogP contribution is 2.29. The Morgan fingerprint density at radius 2 is 1.86 bits per heavy atom. The van der Waals surface area contributed by atoms with Crippen LogP contribution in [0.2, 0.25) is 0 Å². The molecule has 0 amide bonds. The molecule has 1 unspecified atom stereocenters. The van der Waals surface area contributed by atoms with Gasteiger partial charge in [-0.05, 0) is 61.7 Å². The molecule has 0 aliphatic heterocycles. The Morgan fingerprint density at radius 3 is 2.61 bits per heavy atom. The second-order valence-electron chi connectivity index (χ2n) is 6.97. The zero-order valence-electron chi connectivity index (χ0n) is 16.2. The molecule has 5 heteroatoms. The van der Waals surface area contributed by atoms with Crippen molar-refractivity contribution in [1.82, 2.24) is 9.97 Å². The molecule has 0 radical (unpaired) electrons. The van der Waals surface area contributed by atoms with Crippen LogP contribution in [0.25, 0.3) is 22.2 Å². The average molecular weight is 373 g/mol. The molecule has 142 valence electrons. The molecule has 2 aromatic carbocycles. The molecule has 0 spiro atoms. The van der Waals surface area contributed by atoms with E-state index in [1.807, 2.05) is 43.5 Å². The molecule has 4 aromatic rings. The van der Waals surface area contributed by atoms with Gasteiger partial charge < -0.3 is 14.8 Å². The second kappa shape index (κ2) is 7.35. The maximum atomic E-state index is 9.48. The van der Waals surface area contributed by atoms with Crippen LogP contribution in [0.1, 0.15) is 36.8 Å². The van der Waals surface area contributed by atoms with Gasteiger partial charge in [-0.2, -0.15) is 0 Å². The van der Waals surface area contributed by atoms with E-state index in [0.29, 0.717) is 5.82 Å². The van der Waals surface area contributed by atoms with Crippen LogP contribution in [0, 0.1) is 6.92 Å². The first-order valence-electron chi connectivity index (χ1n) is 9.45. The van der Waals surface area contributed by atoms with Gasteiger partial charge in [-0.15, -0.1) is 0 Å². The number of furan rings is 1. The number of hydrogen-bond donors (Lipinski definition) is 2. The van der Waals surface area contributed by atoms with Crippen molar-refractivity contribution in [3.05, 3.63) is 71.7 Å². The summed E-state index contributed by atoms with van der Waals surface area (Å²) in [5.41, 5.74) is 5.07. The van der Waals surface area contributed by atoms with Gasteiger partial charge in [0, 0.05) is 23.1 Å². The zero-order chi connectivity index (χ0) is 19.7. The molecule has 1 atom stereocenters. The number of aromatic nitrogens is 2. The van der Waals surface area contributed by atoms with Gasteiger partial charge in [-0.25, -0.2) is 9.97 Å². The number of aromatic hydroxyl groups is 1. The highest BCUT2D eigenvalue weighted by Gasteiger charge is 2.11. The molecule has 0 aliphatic carbocycles. The average Bonchev–Trinajstić information content (AvgIpc) is 3.10. The van der Waals surface area contributed by atoms with Crippen molar-refractivity contribution in [1.29, 1.82) is 0 Å². The Balaban J connectivity index is 1.66. The lowest BCUT2D eigenvalue weighted by atomic mass is 10.1. The van der Waals surface area contributed by atoms with Crippen molar-refractivity contribution in [2.45, 2.75) is 33.2 Å². The van der Waals surface area contributed by atoms with Gasteiger partial charge in [0.1, 0.15) is 23.0 Å². The quantitative estimate of drug-likeness (QED) is 0.474. The number of rotatable bonds is 5. The van der Waals surface area contributed by atoms with E-state index in [4.69, 9.17) is 4.42 Å². The third kappa shape index (κ3) is 3.56. The van der Waals surface area contributed by atoms with E-state index in [9.17, 15) is 5.11 Å². The fourth-order valence-electron chi connectivity index (χ4n) is 3.37. The molecule has 2 N–H and O–H groups in total. The molecule has 0 aliphatic rings. The number of nitrogens with one attached hydrogen (secondary N) is 1. The van der Waals surface area contributed by atoms with Crippen LogP contribution in [-0.4, -0.2) is 15.1 Å². The molecule has 0 saturated carbocycles. The number of benzene rings is 2. The first-order chi connectivity index (χ1) is 13.5. The molecule has 4 rings (SSSR count). The van der Waals surface area contributed by atoms with Crippen molar-refractivity contribution in [2.75, 3.05) is 5.32 Å². The normalized spacial score (nSPS) is 12.2. The SMILES string of the molecule is CCc1coc2ccc(-c3cc(NC(C)c4ccc(O)cc4)nc(C)n3)cc12. The number of anilines is 1. The lowest BCUT2D eigenvalue weighted by Crippen LogP contribution is -2.09. The van der Waals surface area contributed by atoms with Gasteiger partial charge >= 0.3 is 0 Å². The van der Waals surface area contributed by atoms with E-state index in [2.05, 4.69) is 35.2 Å². The minimum atomic E-state index is 0.0470. The lowest BCUT2D eigenvalue weighted by molar-refractivity contribution is 0.475. The van der Waals surface area contributed by atoms with Crippen molar-refractivity contribution in [2.24, 2.45) is 0 Å². The largest absolute Gasteiger partial charge is 0.508 e. The molecule has 5 nitrogen and oxygen atoms in total. The van der Waals surface area contributed by atoms with Crippen LogP contribution in [0.3, 0.4) is 0 Å². The van der Waals surface area contributed by atoms with Crippen LogP contribution in [0.15, 0.2) is 59.2 Å². The van der Waals surface area contributed by atoms with Crippen LogP contribution < -0.4 is 5.32 Å². The maximum absolute atomic E-state index is 9.48. The van der Waals surface area contributed by atoms with Crippen molar-refractivity contribution in [3.63, 3.8) is 0 Å². The second-order valence-corrected chi connectivity index (χ2v) is 6.97. The summed E-state index contributed by atoms with van der Waals surface area (Å²) in [4.78, 5) is 9.17. The molecular weight excluding hydrogens is 350 g/mol. The highest BCUT2D eigenvalue weighted by molar-refractivity contribution is 5.86. The standard InChI is InChI=1S/C23H23N3O2/c1-4-16-13-28-22-10-7-18(11-20(16)22)21-12-23(26-15(3)25-21)24-14(2)17-5-8-19(27)9-6-17/h5-14,27H,4H2,1-3H3,(H,24,25,26). The zero-order valence-corrected chi connectivity index (χ0v) is 16.2. The van der Waals surface area contributed by atoms with Gasteiger partial charge in [-0.1, -0.05) is 19.1 Å². The summed E-state index contributed by atoms with van der Waals surface area (Å²) >= 11 is 0. The fourth-order valence-corrected chi connectivity index (χ4v) is 3.37. The van der Waals surface area contributed by atoms with E-state index in [0.717, 1.165) is 40.0 Å². The van der Waals surface area contributed by atoms with Crippen molar-refractivity contribution >= 4 is 16.8 Å². The van der Waals surface area contributed by atoms with Crippen LogP contribution in [-0.2, 0) is 6.42 Å². The smallest absolute Gasteiger partial charge is 0.134 e. The fraction of sp³-hybridized carbons (Fsp3) is 0.217. The van der Waals surface area contributed by atoms with Gasteiger partial charge in [-0.3, -0.25) is 0 Å². The molecule has 28 heavy (non-hydrogen) atoms. The summed E-state index contributed by atoms with van der Waals surface area (Å²) in [5, 5.41) is 14.0. The van der Waals surface area contributed by atoms with E-state index < -0.39 is 0 Å². The van der Waals surface area contributed by atoms with E-state index in [-0.39, 0.29) is 11.8 Å². The van der Waals surface area contributed by atoms with Crippen LogP contribution >= 0.6 is 0 Å². The number of nitrogens with zero attached hydrogens (tertiary/aromatic N) is 2. The summed E-state index contributed by atoms with van der Waals surface area (Å²) in [5.74, 6) is 1.74. The van der Waals surface area contributed by atoms with E-state index in [1.165, 1.54) is 5.56 Å². The third-order valence-corrected chi connectivity index (χ3v) is 4.93. The predicted octanol–water partition coefficient (Wildman–Crippen LogP) is 5.64. The Kier molecular flexibility index (Phi) is 4.74. The van der Waals surface area contributed by atoms with Gasteiger partial charge in [0.2, 0.25) is 0 Å². The molecular formula is C23H23N3O2. The van der Waals surface area contributed by atoms with Gasteiger partial charge in [0.15, 0.2) is 0 Å².